The Morgan fingerprint density at radius 3 is 2.67 bits per heavy atom. The SMILES string of the molecule is CC(CO)C1CCC2(CCC2)O1. The van der Waals surface area contributed by atoms with Crippen LogP contribution in [-0.2, 0) is 4.74 Å². The summed E-state index contributed by atoms with van der Waals surface area (Å²) >= 11 is 0. The third-order valence-electron chi connectivity index (χ3n) is 3.47. The summed E-state index contributed by atoms with van der Waals surface area (Å²) in [4.78, 5) is 0. The Labute approximate surface area is 73.9 Å². The van der Waals surface area contributed by atoms with Crippen LogP contribution in [0.25, 0.3) is 0 Å². The quantitative estimate of drug-likeness (QED) is 0.683. The molecule has 2 rings (SSSR count). The number of hydrogen-bond donors (Lipinski definition) is 1. The van der Waals surface area contributed by atoms with Crippen LogP contribution in [0.3, 0.4) is 0 Å². The van der Waals surface area contributed by atoms with Crippen molar-refractivity contribution < 1.29 is 9.84 Å². The van der Waals surface area contributed by atoms with Crippen LogP contribution in [0.1, 0.15) is 39.0 Å². The molecule has 0 amide bonds. The summed E-state index contributed by atoms with van der Waals surface area (Å²) in [5.41, 5.74) is 0.258. The number of ether oxygens (including phenoxy) is 1. The lowest BCUT2D eigenvalue weighted by atomic mass is 9.78. The van der Waals surface area contributed by atoms with E-state index in [1.165, 1.54) is 25.7 Å². The molecule has 2 fully saturated rings. The van der Waals surface area contributed by atoms with Crippen LogP contribution in [-0.4, -0.2) is 23.4 Å². The summed E-state index contributed by atoms with van der Waals surface area (Å²) in [6.07, 6.45) is 6.54. The summed E-state index contributed by atoms with van der Waals surface area (Å²) in [5.74, 6) is 0.324. The smallest absolute Gasteiger partial charge is 0.0687 e. The van der Waals surface area contributed by atoms with Gasteiger partial charge in [0.1, 0.15) is 0 Å². The van der Waals surface area contributed by atoms with Gasteiger partial charge in [-0.1, -0.05) is 6.92 Å². The average molecular weight is 170 g/mol. The standard InChI is InChI=1S/C10H18O2/c1-8(7-11)9-3-6-10(12-9)4-2-5-10/h8-9,11H,2-7H2,1H3. The second kappa shape index (κ2) is 3.00. The van der Waals surface area contributed by atoms with E-state index in [4.69, 9.17) is 9.84 Å². The van der Waals surface area contributed by atoms with E-state index < -0.39 is 0 Å². The van der Waals surface area contributed by atoms with Gasteiger partial charge < -0.3 is 9.84 Å². The minimum Gasteiger partial charge on any atom is -0.396 e. The maximum absolute atomic E-state index is 8.98. The van der Waals surface area contributed by atoms with E-state index in [9.17, 15) is 0 Å². The average Bonchev–Trinajstić information content (AvgIpc) is 2.46. The fourth-order valence-corrected chi connectivity index (χ4v) is 2.30. The third kappa shape index (κ3) is 1.27. The minimum atomic E-state index is 0.258. The fraction of sp³-hybridized carbons (Fsp3) is 1.00. The van der Waals surface area contributed by atoms with Crippen molar-refractivity contribution in [2.45, 2.75) is 50.7 Å². The molecular formula is C10H18O2. The molecule has 2 unspecified atom stereocenters. The molecule has 0 radical (unpaired) electrons. The highest BCUT2D eigenvalue weighted by atomic mass is 16.5. The van der Waals surface area contributed by atoms with Gasteiger partial charge in [-0.15, -0.1) is 0 Å². The van der Waals surface area contributed by atoms with Gasteiger partial charge in [-0.05, 0) is 32.1 Å². The lowest BCUT2D eigenvalue weighted by Gasteiger charge is -2.38. The Balaban J connectivity index is 1.89. The van der Waals surface area contributed by atoms with Crippen molar-refractivity contribution in [1.82, 2.24) is 0 Å². The number of hydrogen-bond acceptors (Lipinski definition) is 2. The van der Waals surface area contributed by atoms with Crippen molar-refractivity contribution in [2.24, 2.45) is 5.92 Å². The lowest BCUT2D eigenvalue weighted by molar-refractivity contribution is -0.109. The minimum absolute atomic E-state index is 0.258. The van der Waals surface area contributed by atoms with Crippen molar-refractivity contribution in [1.29, 1.82) is 0 Å². The molecule has 1 aliphatic carbocycles. The van der Waals surface area contributed by atoms with Gasteiger partial charge in [-0.25, -0.2) is 0 Å². The Morgan fingerprint density at radius 2 is 2.25 bits per heavy atom. The number of rotatable bonds is 2. The van der Waals surface area contributed by atoms with Crippen LogP contribution >= 0.6 is 0 Å². The monoisotopic (exact) mass is 170 g/mol. The van der Waals surface area contributed by atoms with Crippen LogP contribution in [0.2, 0.25) is 0 Å². The molecule has 2 atom stereocenters. The number of aliphatic hydroxyl groups is 1. The first-order valence-electron chi connectivity index (χ1n) is 5.04. The summed E-state index contributed by atoms with van der Waals surface area (Å²) in [6.45, 7) is 2.34. The van der Waals surface area contributed by atoms with E-state index in [0.29, 0.717) is 12.0 Å². The first-order chi connectivity index (χ1) is 5.76. The van der Waals surface area contributed by atoms with Crippen molar-refractivity contribution in [3.8, 4) is 0 Å². The van der Waals surface area contributed by atoms with Gasteiger partial charge in [0, 0.05) is 12.5 Å². The molecule has 0 aromatic heterocycles. The highest BCUT2D eigenvalue weighted by Gasteiger charge is 2.45. The molecule has 1 saturated carbocycles. The Kier molecular flexibility index (Phi) is 2.13. The molecule has 2 nitrogen and oxygen atoms in total. The Bertz CT molecular complexity index is 163. The van der Waals surface area contributed by atoms with E-state index in [2.05, 4.69) is 6.92 Å². The molecule has 1 aliphatic heterocycles. The van der Waals surface area contributed by atoms with E-state index in [1.54, 1.807) is 0 Å². The van der Waals surface area contributed by atoms with Gasteiger partial charge in [-0.3, -0.25) is 0 Å². The molecule has 2 heteroatoms. The molecule has 1 spiro atoms. The zero-order chi connectivity index (χ0) is 8.60. The topological polar surface area (TPSA) is 29.5 Å². The fourth-order valence-electron chi connectivity index (χ4n) is 2.30. The first-order valence-corrected chi connectivity index (χ1v) is 5.04. The van der Waals surface area contributed by atoms with Gasteiger partial charge >= 0.3 is 0 Å². The molecule has 2 aliphatic rings. The van der Waals surface area contributed by atoms with Crippen molar-refractivity contribution in [3.63, 3.8) is 0 Å². The Morgan fingerprint density at radius 1 is 1.50 bits per heavy atom. The van der Waals surface area contributed by atoms with Crippen LogP contribution in [0.5, 0.6) is 0 Å². The Hall–Kier alpha value is -0.0800. The highest BCUT2D eigenvalue weighted by Crippen LogP contribution is 2.46. The van der Waals surface area contributed by atoms with E-state index in [0.717, 1.165) is 6.42 Å². The normalized spacial score (nSPS) is 35.0. The molecule has 1 N–H and O–H groups in total. The van der Waals surface area contributed by atoms with Crippen LogP contribution in [0.15, 0.2) is 0 Å². The maximum Gasteiger partial charge on any atom is 0.0687 e. The molecule has 1 saturated heterocycles. The van der Waals surface area contributed by atoms with E-state index in [-0.39, 0.29) is 12.2 Å². The van der Waals surface area contributed by atoms with Crippen molar-refractivity contribution in [3.05, 3.63) is 0 Å². The molecule has 70 valence electrons. The summed E-state index contributed by atoms with van der Waals surface area (Å²) < 4.78 is 5.98. The van der Waals surface area contributed by atoms with Gasteiger partial charge in [-0.2, -0.15) is 0 Å². The highest BCUT2D eigenvalue weighted by molar-refractivity contribution is 4.96. The van der Waals surface area contributed by atoms with Crippen molar-refractivity contribution >= 4 is 0 Å². The van der Waals surface area contributed by atoms with Gasteiger partial charge in [0.15, 0.2) is 0 Å². The van der Waals surface area contributed by atoms with Crippen LogP contribution in [0, 0.1) is 5.92 Å². The largest absolute Gasteiger partial charge is 0.396 e. The molecule has 12 heavy (non-hydrogen) atoms. The molecule has 0 aromatic rings. The zero-order valence-electron chi connectivity index (χ0n) is 7.75. The van der Waals surface area contributed by atoms with Gasteiger partial charge in [0.2, 0.25) is 0 Å². The van der Waals surface area contributed by atoms with Gasteiger partial charge in [0.05, 0.1) is 11.7 Å². The van der Waals surface area contributed by atoms with E-state index >= 15 is 0 Å². The van der Waals surface area contributed by atoms with Crippen molar-refractivity contribution in [2.75, 3.05) is 6.61 Å². The van der Waals surface area contributed by atoms with Crippen LogP contribution < -0.4 is 0 Å². The predicted octanol–water partition coefficient (Wildman–Crippen LogP) is 1.72. The van der Waals surface area contributed by atoms with Gasteiger partial charge in [0.25, 0.3) is 0 Å². The van der Waals surface area contributed by atoms with Crippen LogP contribution in [0.4, 0.5) is 0 Å². The molecule has 1 heterocycles. The molecular weight excluding hydrogens is 152 g/mol. The molecule has 0 aromatic carbocycles. The lowest BCUT2D eigenvalue weighted by Crippen LogP contribution is -2.38. The van der Waals surface area contributed by atoms with E-state index in [1.807, 2.05) is 0 Å². The molecule has 0 bridgehead atoms. The second-order valence-corrected chi connectivity index (χ2v) is 4.39. The third-order valence-corrected chi connectivity index (χ3v) is 3.47. The predicted molar refractivity (Wildman–Crippen MR) is 46.9 cm³/mol. The summed E-state index contributed by atoms with van der Waals surface area (Å²) in [5, 5.41) is 8.98. The first kappa shape index (κ1) is 8.52. The maximum atomic E-state index is 8.98. The second-order valence-electron chi connectivity index (χ2n) is 4.39. The summed E-state index contributed by atoms with van der Waals surface area (Å²) in [6, 6.07) is 0. The summed E-state index contributed by atoms with van der Waals surface area (Å²) in [7, 11) is 0. The number of aliphatic hydroxyl groups excluding tert-OH is 1. The zero-order valence-corrected chi connectivity index (χ0v) is 7.75.